The van der Waals surface area contributed by atoms with E-state index in [1.54, 1.807) is 12.1 Å². The Bertz CT molecular complexity index is 642. The van der Waals surface area contributed by atoms with Crippen LogP contribution in [0.1, 0.15) is 24.1 Å². The van der Waals surface area contributed by atoms with Gasteiger partial charge in [-0.25, -0.2) is 0 Å². The van der Waals surface area contributed by atoms with Crippen molar-refractivity contribution in [3.8, 4) is 11.5 Å². The van der Waals surface area contributed by atoms with Gasteiger partial charge in [-0.2, -0.15) is 0 Å². The van der Waals surface area contributed by atoms with Crippen LogP contribution >= 0.6 is 15.9 Å². The second-order valence-corrected chi connectivity index (χ2v) is 5.80. The van der Waals surface area contributed by atoms with Crippen LogP contribution in [-0.2, 0) is 6.42 Å². The van der Waals surface area contributed by atoms with Crippen molar-refractivity contribution in [1.29, 1.82) is 0 Å². The Kier molecular flexibility index (Phi) is 3.57. The summed E-state index contributed by atoms with van der Waals surface area (Å²) in [5.74, 6) is 1.000. The van der Waals surface area contributed by atoms with E-state index in [1.807, 2.05) is 12.1 Å². The molecule has 2 aromatic rings. The van der Waals surface area contributed by atoms with Crippen LogP contribution in [0.25, 0.3) is 0 Å². The number of anilines is 1. The van der Waals surface area contributed by atoms with Crippen molar-refractivity contribution in [2.75, 3.05) is 11.9 Å². The van der Waals surface area contributed by atoms with E-state index in [2.05, 4.69) is 40.3 Å². The quantitative estimate of drug-likeness (QED) is 0.881. The molecule has 1 aliphatic rings. The molecular weight excluding hydrogens is 318 g/mol. The summed E-state index contributed by atoms with van der Waals surface area (Å²) in [6.07, 6.45) is 0.970. The molecule has 1 heterocycles. The first kappa shape index (κ1) is 13.3. The molecule has 0 fully saturated rings. The molecule has 3 rings (SSSR count). The number of halogens is 1. The number of phenolic OH excluding ortho intramolecular Hbond substituents is 1. The molecule has 1 unspecified atom stereocenters. The predicted molar refractivity (Wildman–Crippen MR) is 83.5 cm³/mol. The summed E-state index contributed by atoms with van der Waals surface area (Å²) in [6, 6.07) is 11.7. The number of hydrogen-bond donors (Lipinski definition) is 2. The minimum Gasteiger partial charge on any atom is -0.508 e. The standard InChI is InChI=1S/C16H16BrNO2/c1-2-10-7-11(17)3-6-14(10)18-15-9-20-16-8-12(19)4-5-13(15)16/h3-8,15,18-19H,2,9H2,1H3. The third-order valence-electron chi connectivity index (χ3n) is 3.56. The summed E-state index contributed by atoms with van der Waals surface area (Å²) in [5, 5.41) is 13.0. The molecule has 0 aromatic heterocycles. The van der Waals surface area contributed by atoms with Crippen molar-refractivity contribution >= 4 is 21.6 Å². The Morgan fingerprint density at radius 3 is 2.95 bits per heavy atom. The first-order valence-electron chi connectivity index (χ1n) is 6.68. The number of nitrogens with one attached hydrogen (secondary N) is 1. The Morgan fingerprint density at radius 1 is 1.30 bits per heavy atom. The summed E-state index contributed by atoms with van der Waals surface area (Å²) in [4.78, 5) is 0. The molecule has 0 amide bonds. The zero-order valence-electron chi connectivity index (χ0n) is 11.2. The van der Waals surface area contributed by atoms with Crippen molar-refractivity contribution in [2.24, 2.45) is 0 Å². The maximum absolute atomic E-state index is 9.48. The second-order valence-electron chi connectivity index (χ2n) is 4.89. The SMILES string of the molecule is CCc1cc(Br)ccc1NC1COc2cc(O)ccc21. The van der Waals surface area contributed by atoms with Crippen LogP contribution in [-0.4, -0.2) is 11.7 Å². The predicted octanol–water partition coefficient (Wildman–Crippen LogP) is 4.26. The van der Waals surface area contributed by atoms with Crippen molar-refractivity contribution < 1.29 is 9.84 Å². The molecule has 20 heavy (non-hydrogen) atoms. The molecular formula is C16H16BrNO2. The molecule has 2 N–H and O–H groups in total. The van der Waals surface area contributed by atoms with Gasteiger partial charge in [0.25, 0.3) is 0 Å². The number of ether oxygens (including phenoxy) is 1. The van der Waals surface area contributed by atoms with Crippen LogP contribution in [0.15, 0.2) is 40.9 Å². The van der Waals surface area contributed by atoms with Crippen molar-refractivity contribution in [3.05, 3.63) is 52.0 Å². The maximum atomic E-state index is 9.48. The third kappa shape index (κ3) is 2.48. The van der Waals surface area contributed by atoms with Gasteiger partial charge in [-0.05, 0) is 42.3 Å². The smallest absolute Gasteiger partial charge is 0.128 e. The summed E-state index contributed by atoms with van der Waals surface area (Å²) in [7, 11) is 0. The van der Waals surface area contributed by atoms with Crippen LogP contribution in [0.3, 0.4) is 0 Å². The molecule has 3 nitrogen and oxygen atoms in total. The average Bonchev–Trinajstić information content (AvgIpc) is 2.83. The fraction of sp³-hybridized carbons (Fsp3) is 0.250. The molecule has 0 saturated heterocycles. The first-order chi connectivity index (χ1) is 9.67. The second kappa shape index (κ2) is 5.37. The van der Waals surface area contributed by atoms with Gasteiger partial charge in [0.15, 0.2) is 0 Å². The van der Waals surface area contributed by atoms with Gasteiger partial charge in [-0.3, -0.25) is 0 Å². The zero-order valence-corrected chi connectivity index (χ0v) is 12.8. The van der Waals surface area contributed by atoms with Gasteiger partial charge in [-0.1, -0.05) is 22.9 Å². The molecule has 0 saturated carbocycles. The van der Waals surface area contributed by atoms with Gasteiger partial charge in [-0.15, -0.1) is 0 Å². The summed E-state index contributed by atoms with van der Waals surface area (Å²) in [6.45, 7) is 2.72. The summed E-state index contributed by atoms with van der Waals surface area (Å²) >= 11 is 3.50. The van der Waals surface area contributed by atoms with Crippen LogP contribution in [0, 0.1) is 0 Å². The minimum absolute atomic E-state index is 0.122. The van der Waals surface area contributed by atoms with Crippen molar-refractivity contribution in [3.63, 3.8) is 0 Å². The van der Waals surface area contributed by atoms with Crippen LogP contribution in [0.4, 0.5) is 5.69 Å². The lowest BCUT2D eigenvalue weighted by atomic mass is 10.1. The Balaban J connectivity index is 1.87. The highest BCUT2D eigenvalue weighted by Gasteiger charge is 2.24. The number of phenols is 1. The zero-order chi connectivity index (χ0) is 14.1. The van der Waals surface area contributed by atoms with Crippen LogP contribution < -0.4 is 10.1 Å². The lowest BCUT2D eigenvalue weighted by molar-refractivity contribution is 0.338. The van der Waals surface area contributed by atoms with Gasteiger partial charge in [0.05, 0.1) is 6.04 Å². The average molecular weight is 334 g/mol. The molecule has 1 aliphatic heterocycles. The van der Waals surface area contributed by atoms with E-state index in [9.17, 15) is 5.11 Å². The van der Waals surface area contributed by atoms with E-state index in [1.165, 1.54) is 5.56 Å². The number of benzene rings is 2. The van der Waals surface area contributed by atoms with E-state index in [0.29, 0.717) is 6.61 Å². The molecule has 0 spiro atoms. The molecule has 2 aromatic carbocycles. The Hall–Kier alpha value is -1.68. The minimum atomic E-state index is 0.122. The summed E-state index contributed by atoms with van der Waals surface area (Å²) in [5.41, 5.74) is 3.49. The lowest BCUT2D eigenvalue weighted by Crippen LogP contribution is -2.13. The molecule has 0 aliphatic carbocycles. The van der Waals surface area contributed by atoms with Crippen LogP contribution in [0.2, 0.25) is 0 Å². The number of aryl methyl sites for hydroxylation is 1. The number of fused-ring (bicyclic) bond motifs is 1. The monoisotopic (exact) mass is 333 g/mol. The highest BCUT2D eigenvalue weighted by molar-refractivity contribution is 9.10. The molecule has 104 valence electrons. The highest BCUT2D eigenvalue weighted by atomic mass is 79.9. The Morgan fingerprint density at radius 2 is 2.15 bits per heavy atom. The molecule has 4 heteroatoms. The maximum Gasteiger partial charge on any atom is 0.128 e. The normalized spacial score (nSPS) is 16.6. The Labute approximate surface area is 126 Å². The van der Waals surface area contributed by atoms with Crippen molar-refractivity contribution in [1.82, 2.24) is 0 Å². The first-order valence-corrected chi connectivity index (χ1v) is 7.47. The number of hydrogen-bond acceptors (Lipinski definition) is 3. The van der Waals surface area contributed by atoms with E-state index < -0.39 is 0 Å². The number of aromatic hydroxyl groups is 1. The van der Waals surface area contributed by atoms with Gasteiger partial charge < -0.3 is 15.2 Å². The van der Waals surface area contributed by atoms with E-state index >= 15 is 0 Å². The largest absolute Gasteiger partial charge is 0.508 e. The molecule has 1 atom stereocenters. The van der Waals surface area contributed by atoms with Gasteiger partial charge >= 0.3 is 0 Å². The lowest BCUT2D eigenvalue weighted by Gasteiger charge is -2.16. The van der Waals surface area contributed by atoms with E-state index in [-0.39, 0.29) is 11.8 Å². The molecule has 0 radical (unpaired) electrons. The van der Waals surface area contributed by atoms with Crippen molar-refractivity contribution in [2.45, 2.75) is 19.4 Å². The van der Waals surface area contributed by atoms with Gasteiger partial charge in [0.1, 0.15) is 18.1 Å². The molecule has 0 bridgehead atoms. The highest BCUT2D eigenvalue weighted by Crippen LogP contribution is 2.37. The van der Waals surface area contributed by atoms with Gasteiger partial charge in [0.2, 0.25) is 0 Å². The van der Waals surface area contributed by atoms with E-state index in [4.69, 9.17) is 4.74 Å². The fourth-order valence-electron chi connectivity index (χ4n) is 2.50. The number of rotatable bonds is 3. The third-order valence-corrected chi connectivity index (χ3v) is 4.05. The van der Waals surface area contributed by atoms with Gasteiger partial charge in [0, 0.05) is 21.8 Å². The van der Waals surface area contributed by atoms with E-state index in [0.717, 1.165) is 27.9 Å². The summed E-state index contributed by atoms with van der Waals surface area (Å²) < 4.78 is 6.72. The topological polar surface area (TPSA) is 41.5 Å². The van der Waals surface area contributed by atoms with Crippen LogP contribution in [0.5, 0.6) is 11.5 Å². The fourth-order valence-corrected chi connectivity index (χ4v) is 2.91.